The summed E-state index contributed by atoms with van der Waals surface area (Å²) in [4.78, 5) is 12.9. The van der Waals surface area contributed by atoms with Crippen LogP contribution in [0.15, 0.2) is 97.1 Å². The SMILES string of the molecule is Cc1ccccc1CC(=O)Nn1c(-c2ccccc2)ccc1-c1ccccc1. The number of carbonyl (C=O) groups is 1. The maximum atomic E-state index is 12.9. The lowest BCUT2D eigenvalue weighted by Crippen LogP contribution is -2.26. The monoisotopic (exact) mass is 366 g/mol. The molecule has 1 heterocycles. The first-order valence-corrected chi connectivity index (χ1v) is 9.39. The number of nitrogens with zero attached hydrogens (tertiary/aromatic N) is 1. The van der Waals surface area contributed by atoms with Crippen LogP contribution in [0.3, 0.4) is 0 Å². The zero-order valence-corrected chi connectivity index (χ0v) is 15.8. The molecule has 0 unspecified atom stereocenters. The van der Waals surface area contributed by atoms with Crippen LogP contribution < -0.4 is 5.43 Å². The molecule has 0 aliphatic heterocycles. The van der Waals surface area contributed by atoms with Gasteiger partial charge in [0.15, 0.2) is 0 Å². The highest BCUT2D eigenvalue weighted by Gasteiger charge is 2.14. The fourth-order valence-electron chi connectivity index (χ4n) is 3.37. The first-order valence-electron chi connectivity index (χ1n) is 9.39. The molecule has 0 bridgehead atoms. The van der Waals surface area contributed by atoms with Crippen LogP contribution in [-0.4, -0.2) is 10.6 Å². The van der Waals surface area contributed by atoms with E-state index in [1.165, 1.54) is 0 Å². The average Bonchev–Trinajstić information content (AvgIpc) is 3.14. The normalized spacial score (nSPS) is 10.6. The van der Waals surface area contributed by atoms with Crippen LogP contribution in [0.25, 0.3) is 22.5 Å². The Morgan fingerprint density at radius 2 is 1.21 bits per heavy atom. The third kappa shape index (κ3) is 3.74. The van der Waals surface area contributed by atoms with Crippen molar-refractivity contribution in [1.82, 2.24) is 4.68 Å². The van der Waals surface area contributed by atoms with Gasteiger partial charge in [-0.3, -0.25) is 14.9 Å². The second kappa shape index (κ2) is 7.97. The van der Waals surface area contributed by atoms with Gasteiger partial charge in [0.2, 0.25) is 5.91 Å². The number of aryl methyl sites for hydroxylation is 1. The largest absolute Gasteiger partial charge is 0.273 e. The summed E-state index contributed by atoms with van der Waals surface area (Å²) < 4.78 is 1.89. The Morgan fingerprint density at radius 1 is 0.714 bits per heavy atom. The van der Waals surface area contributed by atoms with Gasteiger partial charge in [0.05, 0.1) is 17.8 Å². The van der Waals surface area contributed by atoms with Gasteiger partial charge in [-0.1, -0.05) is 84.9 Å². The quantitative estimate of drug-likeness (QED) is 0.501. The summed E-state index contributed by atoms with van der Waals surface area (Å²) in [5.74, 6) is -0.0418. The molecule has 138 valence electrons. The van der Waals surface area contributed by atoms with Crippen molar-refractivity contribution >= 4 is 5.91 Å². The molecule has 0 aliphatic rings. The van der Waals surface area contributed by atoms with E-state index in [9.17, 15) is 4.79 Å². The highest BCUT2D eigenvalue weighted by Crippen LogP contribution is 2.28. The molecule has 4 aromatic rings. The molecule has 0 saturated carbocycles. The molecule has 28 heavy (non-hydrogen) atoms. The van der Waals surface area contributed by atoms with Crippen LogP contribution in [0.5, 0.6) is 0 Å². The Kier molecular flexibility index (Phi) is 5.07. The molecule has 0 fully saturated rings. The molecule has 0 radical (unpaired) electrons. The highest BCUT2D eigenvalue weighted by atomic mass is 16.2. The number of hydrogen-bond donors (Lipinski definition) is 1. The number of benzene rings is 3. The van der Waals surface area contributed by atoms with E-state index >= 15 is 0 Å². The first-order chi connectivity index (χ1) is 13.7. The third-order valence-corrected chi connectivity index (χ3v) is 4.87. The number of amides is 1. The number of hydrogen-bond acceptors (Lipinski definition) is 1. The van der Waals surface area contributed by atoms with Gasteiger partial charge < -0.3 is 0 Å². The van der Waals surface area contributed by atoms with Gasteiger partial charge in [-0.2, -0.15) is 0 Å². The van der Waals surface area contributed by atoms with E-state index in [1.807, 2.05) is 109 Å². The minimum absolute atomic E-state index is 0.0418. The minimum Gasteiger partial charge on any atom is -0.273 e. The molecule has 1 aromatic heterocycles. The van der Waals surface area contributed by atoms with Crippen LogP contribution in [-0.2, 0) is 11.2 Å². The summed E-state index contributed by atoms with van der Waals surface area (Å²) in [7, 11) is 0. The van der Waals surface area contributed by atoms with Crippen molar-refractivity contribution in [2.24, 2.45) is 0 Å². The standard InChI is InChI=1S/C25H22N2O/c1-19-10-8-9-15-22(19)18-25(28)26-27-23(20-11-4-2-5-12-20)16-17-24(27)21-13-6-3-7-14-21/h2-17H,18H2,1H3,(H,26,28). The van der Waals surface area contributed by atoms with Crippen molar-refractivity contribution in [2.75, 3.05) is 5.43 Å². The maximum Gasteiger partial charge on any atom is 0.243 e. The number of rotatable bonds is 5. The average molecular weight is 366 g/mol. The van der Waals surface area contributed by atoms with E-state index in [0.29, 0.717) is 6.42 Å². The molecule has 0 aliphatic carbocycles. The van der Waals surface area contributed by atoms with Gasteiger partial charge in [0.25, 0.3) is 0 Å². The molecule has 0 atom stereocenters. The lowest BCUT2D eigenvalue weighted by molar-refractivity contribution is -0.116. The van der Waals surface area contributed by atoms with Crippen molar-refractivity contribution in [3.8, 4) is 22.5 Å². The summed E-state index contributed by atoms with van der Waals surface area (Å²) in [6.07, 6.45) is 0.341. The van der Waals surface area contributed by atoms with Crippen molar-refractivity contribution in [2.45, 2.75) is 13.3 Å². The zero-order chi connectivity index (χ0) is 19.3. The fraction of sp³-hybridized carbons (Fsp3) is 0.0800. The highest BCUT2D eigenvalue weighted by molar-refractivity contribution is 5.88. The molecule has 1 amide bonds. The zero-order valence-electron chi connectivity index (χ0n) is 15.8. The van der Waals surface area contributed by atoms with Crippen LogP contribution in [0.1, 0.15) is 11.1 Å². The number of nitrogens with one attached hydrogen (secondary N) is 1. The van der Waals surface area contributed by atoms with E-state index in [2.05, 4.69) is 5.43 Å². The van der Waals surface area contributed by atoms with Crippen molar-refractivity contribution in [1.29, 1.82) is 0 Å². The Labute approximate surface area is 165 Å². The lowest BCUT2D eigenvalue weighted by Gasteiger charge is -2.16. The van der Waals surface area contributed by atoms with Gasteiger partial charge in [0.1, 0.15) is 0 Å². The predicted octanol–water partition coefficient (Wildman–Crippen LogP) is 5.44. The summed E-state index contributed by atoms with van der Waals surface area (Å²) in [6.45, 7) is 2.03. The molecule has 3 aromatic carbocycles. The molecule has 0 spiro atoms. The van der Waals surface area contributed by atoms with Crippen LogP contribution in [0, 0.1) is 6.92 Å². The van der Waals surface area contributed by atoms with Gasteiger partial charge in [-0.15, -0.1) is 0 Å². The smallest absolute Gasteiger partial charge is 0.243 e. The van der Waals surface area contributed by atoms with Crippen molar-refractivity contribution in [3.05, 3.63) is 108 Å². The van der Waals surface area contributed by atoms with E-state index in [4.69, 9.17) is 0 Å². The van der Waals surface area contributed by atoms with Crippen molar-refractivity contribution < 1.29 is 4.79 Å². The van der Waals surface area contributed by atoms with Crippen molar-refractivity contribution in [3.63, 3.8) is 0 Å². The summed E-state index contributed by atoms with van der Waals surface area (Å²) in [5.41, 5.74) is 9.29. The molecule has 1 N–H and O–H groups in total. The second-order valence-electron chi connectivity index (χ2n) is 6.81. The Balaban J connectivity index is 1.70. The summed E-state index contributed by atoms with van der Waals surface area (Å²) in [5, 5.41) is 0. The lowest BCUT2D eigenvalue weighted by atomic mass is 10.1. The van der Waals surface area contributed by atoms with Gasteiger partial charge in [0, 0.05) is 11.1 Å². The number of carbonyl (C=O) groups excluding carboxylic acids is 1. The summed E-state index contributed by atoms with van der Waals surface area (Å²) >= 11 is 0. The second-order valence-corrected chi connectivity index (χ2v) is 6.81. The predicted molar refractivity (Wildman–Crippen MR) is 115 cm³/mol. The maximum absolute atomic E-state index is 12.9. The first kappa shape index (κ1) is 17.8. The van der Waals surface area contributed by atoms with E-state index in [1.54, 1.807) is 0 Å². The molecule has 0 saturated heterocycles. The van der Waals surface area contributed by atoms with Crippen LogP contribution in [0.2, 0.25) is 0 Å². The fourth-order valence-corrected chi connectivity index (χ4v) is 3.37. The van der Waals surface area contributed by atoms with E-state index in [0.717, 1.165) is 33.6 Å². The van der Waals surface area contributed by atoms with Gasteiger partial charge >= 0.3 is 0 Å². The van der Waals surface area contributed by atoms with Crippen LogP contribution >= 0.6 is 0 Å². The minimum atomic E-state index is -0.0418. The third-order valence-electron chi connectivity index (χ3n) is 4.87. The topological polar surface area (TPSA) is 34.0 Å². The Hall–Kier alpha value is -3.59. The Morgan fingerprint density at radius 3 is 1.75 bits per heavy atom. The van der Waals surface area contributed by atoms with Gasteiger partial charge in [-0.25, -0.2) is 0 Å². The van der Waals surface area contributed by atoms with Crippen LogP contribution in [0.4, 0.5) is 0 Å². The molecule has 3 nitrogen and oxygen atoms in total. The summed E-state index contributed by atoms with van der Waals surface area (Å²) in [6, 6.07) is 32.3. The Bertz CT molecular complexity index is 1030. The molecule has 4 rings (SSSR count). The van der Waals surface area contributed by atoms with E-state index in [-0.39, 0.29) is 5.91 Å². The molecular formula is C25H22N2O. The number of aromatic nitrogens is 1. The molecular weight excluding hydrogens is 344 g/mol. The van der Waals surface area contributed by atoms with Gasteiger partial charge in [-0.05, 0) is 30.2 Å². The van der Waals surface area contributed by atoms with E-state index < -0.39 is 0 Å². The molecule has 3 heteroatoms.